The highest BCUT2D eigenvalue weighted by Crippen LogP contribution is 2.32. The second-order valence-electron chi connectivity index (χ2n) is 4.06. The number of benzene rings is 1. The van der Waals surface area contributed by atoms with Crippen LogP contribution in [0.15, 0.2) is 36.5 Å². The lowest BCUT2D eigenvalue weighted by Gasteiger charge is -2.04. The van der Waals surface area contributed by atoms with Gasteiger partial charge in [0.15, 0.2) is 0 Å². The first-order valence-corrected chi connectivity index (χ1v) is 7.61. The molecule has 0 saturated heterocycles. The number of nitrogens with one attached hydrogen (secondary N) is 1. The Morgan fingerprint density at radius 1 is 1.25 bits per heavy atom. The summed E-state index contributed by atoms with van der Waals surface area (Å²) in [6.45, 7) is 0. The van der Waals surface area contributed by atoms with E-state index in [-0.39, 0.29) is 5.91 Å². The molecule has 0 spiro atoms. The van der Waals surface area contributed by atoms with Gasteiger partial charge in [-0.2, -0.15) is 5.10 Å². The molecule has 7 heteroatoms. The summed E-state index contributed by atoms with van der Waals surface area (Å²) in [7, 11) is 0. The number of thiophene rings is 1. The number of anilines is 2. The van der Waals surface area contributed by atoms with Crippen LogP contribution in [-0.2, 0) is 0 Å². The number of rotatable bonds is 2. The normalized spacial score (nSPS) is 10.7. The van der Waals surface area contributed by atoms with Crippen LogP contribution in [0.3, 0.4) is 0 Å². The van der Waals surface area contributed by atoms with Crippen LogP contribution in [0.5, 0.6) is 0 Å². The molecule has 0 aliphatic carbocycles. The predicted molar refractivity (Wildman–Crippen MR) is 88.9 cm³/mol. The number of nitrogens with zero attached hydrogens (tertiary/aromatic N) is 2. The molecule has 0 aliphatic heterocycles. The maximum Gasteiger partial charge on any atom is 0.267 e. The van der Waals surface area contributed by atoms with Gasteiger partial charge < -0.3 is 11.1 Å². The Morgan fingerprint density at radius 3 is 2.70 bits per heavy atom. The molecule has 2 aromatic heterocycles. The fourth-order valence-corrected chi connectivity index (χ4v) is 3.06. The molecule has 100 valence electrons. The number of halogens is 1. The highest BCUT2D eigenvalue weighted by molar-refractivity contribution is 14.1. The molecule has 2 heterocycles. The summed E-state index contributed by atoms with van der Waals surface area (Å²) in [5.74, 6) is -0.230. The van der Waals surface area contributed by atoms with E-state index in [0.29, 0.717) is 15.4 Å². The molecular weight excluding hydrogens is 387 g/mol. The van der Waals surface area contributed by atoms with E-state index in [2.05, 4.69) is 38.1 Å². The molecule has 3 aromatic rings. The van der Waals surface area contributed by atoms with Crippen LogP contribution in [0.4, 0.5) is 11.4 Å². The van der Waals surface area contributed by atoms with Gasteiger partial charge in [0.2, 0.25) is 0 Å². The van der Waals surface area contributed by atoms with Crippen molar-refractivity contribution in [2.24, 2.45) is 0 Å². The summed E-state index contributed by atoms with van der Waals surface area (Å²) in [6, 6.07) is 9.31. The van der Waals surface area contributed by atoms with E-state index in [1.165, 1.54) is 11.3 Å². The molecule has 0 aliphatic rings. The van der Waals surface area contributed by atoms with E-state index in [4.69, 9.17) is 5.73 Å². The minimum atomic E-state index is -0.230. The van der Waals surface area contributed by atoms with Gasteiger partial charge in [-0.15, -0.1) is 16.4 Å². The van der Waals surface area contributed by atoms with Gasteiger partial charge in [0.1, 0.15) is 9.71 Å². The van der Waals surface area contributed by atoms with Crippen molar-refractivity contribution in [1.82, 2.24) is 10.2 Å². The molecule has 0 unspecified atom stereocenters. The first-order chi connectivity index (χ1) is 9.65. The van der Waals surface area contributed by atoms with Gasteiger partial charge in [-0.25, -0.2) is 0 Å². The molecule has 1 aromatic carbocycles. The SMILES string of the molecule is Nc1c(C(=O)Nc2ccc(I)cc2)sc2nnccc12. The molecule has 0 fully saturated rings. The molecular formula is C13H9IN4OS. The van der Waals surface area contributed by atoms with Crippen LogP contribution in [0, 0.1) is 3.57 Å². The Morgan fingerprint density at radius 2 is 2.00 bits per heavy atom. The molecule has 20 heavy (non-hydrogen) atoms. The number of hydrogen-bond donors (Lipinski definition) is 2. The average molecular weight is 396 g/mol. The standard InChI is InChI=1S/C13H9IN4OS/c14-7-1-3-8(4-2-7)17-12(19)11-10(15)9-5-6-16-18-13(9)20-11/h1-6H,15H2,(H,17,19). The van der Waals surface area contributed by atoms with Crippen molar-refractivity contribution >= 4 is 61.4 Å². The largest absolute Gasteiger partial charge is 0.397 e. The van der Waals surface area contributed by atoms with Gasteiger partial charge in [-0.3, -0.25) is 4.79 Å². The van der Waals surface area contributed by atoms with Crippen LogP contribution in [0.25, 0.3) is 10.2 Å². The smallest absolute Gasteiger partial charge is 0.267 e. The molecule has 3 N–H and O–H groups in total. The van der Waals surface area contributed by atoms with Gasteiger partial charge >= 0.3 is 0 Å². The zero-order chi connectivity index (χ0) is 14.1. The summed E-state index contributed by atoms with van der Waals surface area (Å²) in [5, 5.41) is 11.4. The molecule has 0 radical (unpaired) electrons. The predicted octanol–water partition coefficient (Wildman–Crippen LogP) is 3.13. The fourth-order valence-electron chi connectivity index (χ4n) is 1.76. The minimum absolute atomic E-state index is 0.230. The van der Waals surface area contributed by atoms with Crippen LogP contribution in [0.2, 0.25) is 0 Å². The second-order valence-corrected chi connectivity index (χ2v) is 6.30. The lowest BCUT2D eigenvalue weighted by Crippen LogP contribution is -2.11. The highest BCUT2D eigenvalue weighted by atomic mass is 127. The highest BCUT2D eigenvalue weighted by Gasteiger charge is 2.17. The van der Waals surface area contributed by atoms with E-state index in [9.17, 15) is 4.79 Å². The van der Waals surface area contributed by atoms with Crippen molar-refractivity contribution in [2.75, 3.05) is 11.1 Å². The maximum absolute atomic E-state index is 12.3. The molecule has 5 nitrogen and oxygen atoms in total. The van der Waals surface area contributed by atoms with Crippen LogP contribution < -0.4 is 11.1 Å². The van der Waals surface area contributed by atoms with Crippen molar-refractivity contribution in [3.63, 3.8) is 0 Å². The summed E-state index contributed by atoms with van der Waals surface area (Å²) in [6.07, 6.45) is 1.56. The summed E-state index contributed by atoms with van der Waals surface area (Å²) in [4.78, 5) is 13.4. The maximum atomic E-state index is 12.3. The molecule has 1 amide bonds. The monoisotopic (exact) mass is 396 g/mol. The number of carbonyl (C=O) groups is 1. The van der Waals surface area contributed by atoms with E-state index in [0.717, 1.165) is 14.6 Å². The molecule has 0 atom stereocenters. The zero-order valence-electron chi connectivity index (χ0n) is 10.1. The fraction of sp³-hybridized carbons (Fsp3) is 0. The number of amides is 1. The number of fused-ring (bicyclic) bond motifs is 1. The van der Waals surface area contributed by atoms with Gasteiger partial charge in [-0.05, 0) is 52.9 Å². The Labute approximate surface area is 132 Å². The number of carbonyl (C=O) groups excluding carboxylic acids is 1. The summed E-state index contributed by atoms with van der Waals surface area (Å²) in [5.41, 5.74) is 7.18. The number of nitrogen functional groups attached to an aromatic ring is 1. The second kappa shape index (κ2) is 5.33. The average Bonchev–Trinajstić information content (AvgIpc) is 2.79. The van der Waals surface area contributed by atoms with E-state index >= 15 is 0 Å². The lowest BCUT2D eigenvalue weighted by molar-refractivity contribution is 0.103. The van der Waals surface area contributed by atoms with Crippen LogP contribution >= 0.6 is 33.9 Å². The zero-order valence-corrected chi connectivity index (χ0v) is 13.1. The Balaban J connectivity index is 1.92. The van der Waals surface area contributed by atoms with Gasteiger partial charge in [-0.1, -0.05) is 0 Å². The van der Waals surface area contributed by atoms with Crippen molar-refractivity contribution in [3.05, 3.63) is 45.0 Å². The molecule has 0 bridgehead atoms. The van der Waals surface area contributed by atoms with Crippen molar-refractivity contribution in [1.29, 1.82) is 0 Å². The quantitative estimate of drug-likeness (QED) is 0.653. The van der Waals surface area contributed by atoms with Crippen LogP contribution in [-0.4, -0.2) is 16.1 Å². The van der Waals surface area contributed by atoms with E-state index in [1.807, 2.05) is 24.3 Å². The number of aromatic nitrogens is 2. The number of nitrogens with two attached hydrogens (primary N) is 1. The van der Waals surface area contributed by atoms with Crippen molar-refractivity contribution < 1.29 is 4.79 Å². The molecule has 3 rings (SSSR count). The van der Waals surface area contributed by atoms with Gasteiger partial charge in [0, 0.05) is 14.6 Å². The summed E-state index contributed by atoms with van der Waals surface area (Å²) >= 11 is 3.45. The first-order valence-electron chi connectivity index (χ1n) is 5.72. The van der Waals surface area contributed by atoms with Crippen molar-refractivity contribution in [3.8, 4) is 0 Å². The summed E-state index contributed by atoms with van der Waals surface area (Å²) < 4.78 is 1.11. The third-order valence-corrected chi connectivity index (χ3v) is 4.55. The Kier molecular flexibility index (Phi) is 3.53. The van der Waals surface area contributed by atoms with E-state index in [1.54, 1.807) is 12.3 Å². The minimum Gasteiger partial charge on any atom is -0.397 e. The lowest BCUT2D eigenvalue weighted by atomic mass is 10.2. The Bertz CT molecular complexity index is 785. The Hall–Kier alpha value is -1.74. The third kappa shape index (κ3) is 2.46. The first kappa shape index (κ1) is 13.3. The van der Waals surface area contributed by atoms with Crippen molar-refractivity contribution in [2.45, 2.75) is 0 Å². The van der Waals surface area contributed by atoms with Gasteiger partial charge in [0.25, 0.3) is 5.91 Å². The van der Waals surface area contributed by atoms with E-state index < -0.39 is 0 Å². The number of hydrogen-bond acceptors (Lipinski definition) is 5. The third-order valence-electron chi connectivity index (χ3n) is 2.73. The van der Waals surface area contributed by atoms with Crippen LogP contribution in [0.1, 0.15) is 9.67 Å². The van der Waals surface area contributed by atoms with Gasteiger partial charge in [0.05, 0.1) is 11.9 Å². The molecule has 0 saturated carbocycles. The topological polar surface area (TPSA) is 80.9 Å².